The number of hydrogen-bond acceptors (Lipinski definition) is 6. The van der Waals surface area contributed by atoms with Gasteiger partial charge in [0.25, 0.3) is 5.56 Å². The molecular formula is C23H29N5O3. The summed E-state index contributed by atoms with van der Waals surface area (Å²) in [6.45, 7) is 5.26. The van der Waals surface area contributed by atoms with Gasteiger partial charge >= 0.3 is 0 Å². The van der Waals surface area contributed by atoms with E-state index in [1.54, 1.807) is 13.1 Å². The van der Waals surface area contributed by atoms with Crippen molar-refractivity contribution < 1.29 is 9.53 Å². The first kappa shape index (κ1) is 20.2. The number of hydrogen-bond donors (Lipinski definition) is 1. The number of carbonyl (C=O) groups excluding carboxylic acids is 1. The van der Waals surface area contributed by atoms with Gasteiger partial charge in [0.2, 0.25) is 5.91 Å². The Labute approximate surface area is 181 Å². The highest BCUT2D eigenvalue weighted by Crippen LogP contribution is 2.46. The van der Waals surface area contributed by atoms with E-state index in [1.165, 1.54) is 10.1 Å². The van der Waals surface area contributed by atoms with Gasteiger partial charge in [0, 0.05) is 43.9 Å². The molecule has 1 amide bonds. The van der Waals surface area contributed by atoms with Gasteiger partial charge < -0.3 is 19.9 Å². The molecular weight excluding hydrogens is 394 g/mol. The lowest BCUT2D eigenvalue weighted by molar-refractivity contribution is -0.118. The van der Waals surface area contributed by atoms with Gasteiger partial charge in [-0.2, -0.15) is 0 Å². The molecule has 2 fully saturated rings. The summed E-state index contributed by atoms with van der Waals surface area (Å²) < 4.78 is 6.90. The van der Waals surface area contributed by atoms with E-state index in [0.717, 1.165) is 31.6 Å². The van der Waals surface area contributed by atoms with Crippen molar-refractivity contribution in [2.75, 3.05) is 55.7 Å². The van der Waals surface area contributed by atoms with E-state index in [9.17, 15) is 9.59 Å². The number of anilines is 2. The molecule has 5 rings (SSSR count). The van der Waals surface area contributed by atoms with Crippen molar-refractivity contribution in [2.45, 2.75) is 24.7 Å². The second-order valence-electron chi connectivity index (χ2n) is 8.73. The summed E-state index contributed by atoms with van der Waals surface area (Å²) in [5.74, 6) is 1.12. The van der Waals surface area contributed by atoms with Gasteiger partial charge in [-0.1, -0.05) is 18.2 Å². The molecule has 1 aromatic heterocycles. The van der Waals surface area contributed by atoms with E-state index in [0.29, 0.717) is 44.5 Å². The van der Waals surface area contributed by atoms with Crippen LogP contribution in [0, 0.1) is 0 Å². The molecule has 1 aromatic carbocycles. The van der Waals surface area contributed by atoms with Gasteiger partial charge in [-0.3, -0.25) is 14.2 Å². The quantitative estimate of drug-likeness (QED) is 0.788. The SMILES string of the molecule is Cn1c(CC(=O)N2CC3(CCNCC3)c3ccccc32)nc(N2CCOCC2)cc1=O. The van der Waals surface area contributed by atoms with Crippen LogP contribution in [-0.2, 0) is 28.4 Å². The number of nitrogens with zero attached hydrogens (tertiary/aromatic N) is 4. The number of benzene rings is 1. The maximum atomic E-state index is 13.5. The number of fused-ring (bicyclic) bond motifs is 2. The van der Waals surface area contributed by atoms with Crippen molar-refractivity contribution in [3.8, 4) is 0 Å². The number of morpholine rings is 1. The Morgan fingerprint density at radius 1 is 1.19 bits per heavy atom. The third kappa shape index (κ3) is 3.64. The lowest BCUT2D eigenvalue weighted by atomic mass is 9.75. The molecule has 164 valence electrons. The molecule has 8 heteroatoms. The monoisotopic (exact) mass is 423 g/mol. The summed E-state index contributed by atoms with van der Waals surface area (Å²) in [6.07, 6.45) is 2.15. The third-order valence-electron chi connectivity index (χ3n) is 6.95. The molecule has 0 bridgehead atoms. The van der Waals surface area contributed by atoms with Gasteiger partial charge in [0.05, 0.1) is 19.6 Å². The Morgan fingerprint density at radius 2 is 1.94 bits per heavy atom. The van der Waals surface area contributed by atoms with Crippen molar-refractivity contribution in [3.63, 3.8) is 0 Å². The van der Waals surface area contributed by atoms with Crippen LogP contribution in [0.4, 0.5) is 11.5 Å². The molecule has 3 aliphatic heterocycles. The number of aromatic nitrogens is 2. The minimum Gasteiger partial charge on any atom is -0.378 e. The highest BCUT2D eigenvalue weighted by molar-refractivity contribution is 5.97. The van der Waals surface area contributed by atoms with Crippen LogP contribution >= 0.6 is 0 Å². The van der Waals surface area contributed by atoms with E-state index in [-0.39, 0.29) is 23.3 Å². The van der Waals surface area contributed by atoms with Crippen LogP contribution in [-0.4, -0.2) is 61.4 Å². The van der Waals surface area contributed by atoms with Gasteiger partial charge in [-0.15, -0.1) is 0 Å². The van der Waals surface area contributed by atoms with Crippen LogP contribution in [0.5, 0.6) is 0 Å². The van der Waals surface area contributed by atoms with Crippen LogP contribution in [0.1, 0.15) is 24.2 Å². The Kier molecular flexibility index (Phi) is 5.27. The highest BCUT2D eigenvalue weighted by atomic mass is 16.5. The number of carbonyl (C=O) groups is 1. The summed E-state index contributed by atoms with van der Waals surface area (Å²) in [5.41, 5.74) is 2.15. The molecule has 0 radical (unpaired) electrons. The highest BCUT2D eigenvalue weighted by Gasteiger charge is 2.44. The van der Waals surface area contributed by atoms with Crippen LogP contribution in [0.3, 0.4) is 0 Å². The largest absolute Gasteiger partial charge is 0.378 e. The Hall–Kier alpha value is -2.71. The van der Waals surface area contributed by atoms with Crippen molar-refractivity contribution in [2.24, 2.45) is 7.05 Å². The normalized spacial score (nSPS) is 20.2. The lowest BCUT2D eigenvalue weighted by Crippen LogP contribution is -2.44. The molecule has 1 spiro atoms. The standard InChI is InChI=1S/C23H29N5O3/c1-26-19(25-20(15-21(26)29)27-10-12-31-13-11-27)14-22(30)28-16-23(6-8-24-9-7-23)17-4-2-3-5-18(17)28/h2-5,15,24H,6-14,16H2,1H3. The van der Waals surface area contributed by atoms with Crippen molar-refractivity contribution in [1.82, 2.24) is 14.9 Å². The van der Waals surface area contributed by atoms with Gasteiger partial charge in [-0.05, 0) is 37.6 Å². The first-order valence-electron chi connectivity index (χ1n) is 11.1. The van der Waals surface area contributed by atoms with E-state index >= 15 is 0 Å². The van der Waals surface area contributed by atoms with Crippen LogP contribution in [0.15, 0.2) is 35.1 Å². The van der Waals surface area contributed by atoms with Crippen LogP contribution in [0.25, 0.3) is 0 Å². The van der Waals surface area contributed by atoms with Crippen LogP contribution in [0.2, 0.25) is 0 Å². The molecule has 0 unspecified atom stereocenters. The van der Waals surface area contributed by atoms with E-state index in [1.807, 2.05) is 21.9 Å². The van der Waals surface area contributed by atoms with E-state index in [2.05, 4.69) is 17.4 Å². The number of piperidine rings is 1. The van der Waals surface area contributed by atoms with Crippen molar-refractivity contribution in [1.29, 1.82) is 0 Å². The molecule has 0 aliphatic carbocycles. The van der Waals surface area contributed by atoms with E-state index < -0.39 is 0 Å². The molecule has 2 aromatic rings. The fourth-order valence-electron chi connectivity index (χ4n) is 5.10. The number of rotatable bonds is 3. The Balaban J connectivity index is 1.43. The summed E-state index contributed by atoms with van der Waals surface area (Å²) in [4.78, 5) is 34.7. The second kappa shape index (κ2) is 8.09. The Bertz CT molecular complexity index is 1040. The molecule has 2 saturated heterocycles. The maximum absolute atomic E-state index is 13.5. The molecule has 1 N–H and O–H groups in total. The zero-order valence-electron chi connectivity index (χ0n) is 18.0. The second-order valence-corrected chi connectivity index (χ2v) is 8.73. The summed E-state index contributed by atoms with van der Waals surface area (Å²) in [6, 6.07) is 9.82. The molecule has 3 aliphatic rings. The minimum absolute atomic E-state index is 0.00974. The zero-order chi connectivity index (χ0) is 21.4. The van der Waals surface area contributed by atoms with Crippen molar-refractivity contribution >= 4 is 17.4 Å². The first-order valence-corrected chi connectivity index (χ1v) is 11.1. The number of para-hydroxylation sites is 1. The number of ether oxygens (including phenoxy) is 1. The predicted molar refractivity (Wildman–Crippen MR) is 119 cm³/mol. The average molecular weight is 424 g/mol. The van der Waals surface area contributed by atoms with Crippen LogP contribution < -0.4 is 20.7 Å². The summed E-state index contributed by atoms with van der Waals surface area (Å²) >= 11 is 0. The van der Waals surface area contributed by atoms with E-state index in [4.69, 9.17) is 9.72 Å². The lowest BCUT2D eigenvalue weighted by Gasteiger charge is -2.34. The summed E-state index contributed by atoms with van der Waals surface area (Å²) in [7, 11) is 1.69. The molecule has 0 atom stereocenters. The number of amides is 1. The Morgan fingerprint density at radius 3 is 2.71 bits per heavy atom. The maximum Gasteiger partial charge on any atom is 0.255 e. The van der Waals surface area contributed by atoms with Gasteiger partial charge in [0.1, 0.15) is 11.6 Å². The first-order chi connectivity index (χ1) is 15.1. The molecule has 4 heterocycles. The zero-order valence-corrected chi connectivity index (χ0v) is 18.0. The smallest absolute Gasteiger partial charge is 0.255 e. The number of nitrogens with one attached hydrogen (secondary N) is 1. The predicted octanol–water partition coefficient (Wildman–Crippen LogP) is 0.827. The summed E-state index contributed by atoms with van der Waals surface area (Å²) in [5, 5.41) is 3.44. The van der Waals surface area contributed by atoms with Gasteiger partial charge in [0.15, 0.2) is 0 Å². The van der Waals surface area contributed by atoms with Gasteiger partial charge in [-0.25, -0.2) is 4.98 Å². The third-order valence-corrected chi connectivity index (χ3v) is 6.95. The molecule has 8 nitrogen and oxygen atoms in total. The minimum atomic E-state index is -0.143. The fourth-order valence-corrected chi connectivity index (χ4v) is 5.10. The average Bonchev–Trinajstić information content (AvgIpc) is 3.12. The molecule has 31 heavy (non-hydrogen) atoms. The topological polar surface area (TPSA) is 79.7 Å². The molecule has 0 saturated carbocycles. The van der Waals surface area contributed by atoms with Crippen molar-refractivity contribution in [3.05, 3.63) is 52.1 Å². The fraction of sp³-hybridized carbons (Fsp3) is 0.522.